The van der Waals surface area contributed by atoms with Crippen LogP contribution in [-0.2, 0) is 19.3 Å². The number of hydrogen-bond acceptors (Lipinski definition) is 3. The third-order valence-corrected chi connectivity index (χ3v) is 5.18. The lowest BCUT2D eigenvalue weighted by molar-refractivity contribution is 0.687. The van der Waals surface area contributed by atoms with Crippen molar-refractivity contribution >= 4 is 23.0 Å². The van der Waals surface area contributed by atoms with Crippen molar-refractivity contribution in [1.29, 1.82) is 0 Å². The van der Waals surface area contributed by atoms with Crippen LogP contribution in [0.4, 0.5) is 5.69 Å². The Bertz CT molecular complexity index is 690. The van der Waals surface area contributed by atoms with Gasteiger partial charge in [-0.2, -0.15) is 0 Å². The number of aryl methyl sites for hydroxylation is 3. The second-order valence-electron chi connectivity index (χ2n) is 6.03. The highest BCUT2D eigenvalue weighted by molar-refractivity contribution is 7.09. The van der Waals surface area contributed by atoms with Gasteiger partial charge in [0.1, 0.15) is 0 Å². The van der Waals surface area contributed by atoms with Crippen LogP contribution in [0.3, 0.4) is 0 Å². The number of benzene rings is 1. The highest BCUT2D eigenvalue weighted by atomic mass is 32.1. The summed E-state index contributed by atoms with van der Waals surface area (Å²) in [7, 11) is 0. The average Bonchev–Trinajstić information content (AvgIpc) is 2.97. The molecule has 2 aromatic rings. The normalized spacial score (nSPS) is 14.6. The molecule has 0 spiro atoms. The van der Waals surface area contributed by atoms with E-state index in [4.69, 9.17) is 5.73 Å². The maximum Gasteiger partial charge on any atom is 0.193 e. The molecular weight excluding hydrogens is 304 g/mol. The highest BCUT2D eigenvalue weighted by Crippen LogP contribution is 2.27. The van der Waals surface area contributed by atoms with Crippen molar-refractivity contribution in [2.75, 3.05) is 11.9 Å². The van der Waals surface area contributed by atoms with E-state index in [1.165, 1.54) is 35.4 Å². The van der Waals surface area contributed by atoms with Crippen LogP contribution in [0.5, 0.6) is 0 Å². The second-order valence-corrected chi connectivity index (χ2v) is 6.97. The first-order valence-electron chi connectivity index (χ1n) is 8.31. The van der Waals surface area contributed by atoms with Gasteiger partial charge in [-0.3, -0.25) is 4.99 Å². The van der Waals surface area contributed by atoms with Crippen LogP contribution in [0, 0.1) is 6.92 Å². The van der Waals surface area contributed by atoms with Gasteiger partial charge in [0.15, 0.2) is 5.96 Å². The van der Waals surface area contributed by atoms with E-state index >= 15 is 0 Å². The first-order chi connectivity index (χ1) is 11.2. The summed E-state index contributed by atoms with van der Waals surface area (Å²) in [5.41, 5.74) is 11.1. The van der Waals surface area contributed by atoms with E-state index in [1.807, 2.05) is 6.92 Å². The van der Waals surface area contributed by atoms with E-state index < -0.39 is 0 Å². The van der Waals surface area contributed by atoms with Gasteiger partial charge in [-0.25, -0.2) is 4.98 Å². The molecule has 1 aliphatic carbocycles. The van der Waals surface area contributed by atoms with Gasteiger partial charge < -0.3 is 11.1 Å². The summed E-state index contributed by atoms with van der Waals surface area (Å²) >= 11 is 1.72. The minimum Gasteiger partial charge on any atom is -0.370 e. The molecule has 1 aromatic carbocycles. The van der Waals surface area contributed by atoms with Crippen molar-refractivity contribution in [3.63, 3.8) is 0 Å². The fourth-order valence-electron chi connectivity index (χ4n) is 3.02. The molecule has 0 unspecified atom stereocenters. The van der Waals surface area contributed by atoms with Crippen LogP contribution < -0.4 is 11.1 Å². The van der Waals surface area contributed by atoms with Gasteiger partial charge in [0.2, 0.25) is 0 Å². The molecule has 0 radical (unpaired) electrons. The summed E-state index contributed by atoms with van der Waals surface area (Å²) in [6.45, 7) is 2.76. The Morgan fingerprint density at radius 1 is 1.35 bits per heavy atom. The summed E-state index contributed by atoms with van der Waals surface area (Å²) in [6, 6.07) is 6.43. The topological polar surface area (TPSA) is 63.3 Å². The smallest absolute Gasteiger partial charge is 0.193 e. The van der Waals surface area contributed by atoms with Crippen molar-refractivity contribution in [3.8, 4) is 0 Å². The molecule has 23 heavy (non-hydrogen) atoms. The van der Waals surface area contributed by atoms with Gasteiger partial charge in [-0.15, -0.1) is 11.3 Å². The lowest BCUT2D eigenvalue weighted by Gasteiger charge is -2.19. The lowest BCUT2D eigenvalue weighted by atomic mass is 9.90. The number of nitrogens with zero attached hydrogens (tertiary/aromatic N) is 2. The molecule has 1 aliphatic rings. The standard InChI is InChI=1S/C18H24N4S/c1-13-12-23-17(21-13)10-5-11-20-18(19)22-16-9-4-7-14-6-2-3-8-15(14)16/h4,7,9,12H,2-3,5-6,8,10-11H2,1H3,(H3,19,20,22). The Hall–Kier alpha value is -1.88. The Labute approximate surface area is 141 Å². The summed E-state index contributed by atoms with van der Waals surface area (Å²) < 4.78 is 0. The van der Waals surface area contributed by atoms with Crippen molar-refractivity contribution in [1.82, 2.24) is 4.98 Å². The minimum atomic E-state index is 0.513. The van der Waals surface area contributed by atoms with Crippen LogP contribution in [0.25, 0.3) is 0 Å². The zero-order chi connectivity index (χ0) is 16.1. The largest absolute Gasteiger partial charge is 0.370 e. The molecule has 0 amide bonds. The number of nitrogens with one attached hydrogen (secondary N) is 1. The minimum absolute atomic E-state index is 0.513. The molecule has 0 atom stereocenters. The number of guanidine groups is 1. The van der Waals surface area contributed by atoms with E-state index in [0.29, 0.717) is 5.96 Å². The Morgan fingerprint density at radius 2 is 2.22 bits per heavy atom. The van der Waals surface area contributed by atoms with Gasteiger partial charge in [-0.1, -0.05) is 12.1 Å². The predicted octanol–water partition coefficient (Wildman–Crippen LogP) is 3.69. The first kappa shape index (κ1) is 16.0. The molecule has 3 rings (SSSR count). The lowest BCUT2D eigenvalue weighted by Crippen LogP contribution is -2.24. The maximum atomic E-state index is 6.05. The number of aliphatic imine (C=N–C) groups is 1. The number of nitrogens with two attached hydrogens (primary N) is 1. The third kappa shape index (κ3) is 4.32. The van der Waals surface area contributed by atoms with E-state index in [2.05, 4.69) is 38.9 Å². The Kier molecular flexibility index (Phi) is 5.28. The quantitative estimate of drug-likeness (QED) is 0.500. The molecule has 122 valence electrons. The molecule has 3 N–H and O–H groups in total. The van der Waals surface area contributed by atoms with E-state index in [1.54, 1.807) is 11.3 Å². The zero-order valence-electron chi connectivity index (χ0n) is 13.6. The number of thiazole rings is 1. The van der Waals surface area contributed by atoms with Crippen molar-refractivity contribution in [2.45, 2.75) is 45.4 Å². The van der Waals surface area contributed by atoms with Gasteiger partial charge in [0.05, 0.1) is 5.01 Å². The summed E-state index contributed by atoms with van der Waals surface area (Å²) in [6.07, 6.45) is 6.80. The average molecular weight is 328 g/mol. The molecule has 1 heterocycles. The van der Waals surface area contributed by atoms with Crippen LogP contribution in [0.15, 0.2) is 28.6 Å². The van der Waals surface area contributed by atoms with E-state index in [0.717, 1.165) is 37.2 Å². The van der Waals surface area contributed by atoms with Crippen molar-refractivity contribution in [3.05, 3.63) is 45.4 Å². The zero-order valence-corrected chi connectivity index (χ0v) is 14.5. The molecular formula is C18H24N4S. The second kappa shape index (κ2) is 7.59. The summed E-state index contributed by atoms with van der Waals surface area (Å²) in [5.74, 6) is 0.513. The predicted molar refractivity (Wildman–Crippen MR) is 98.4 cm³/mol. The Balaban J connectivity index is 1.53. The number of rotatable bonds is 5. The summed E-state index contributed by atoms with van der Waals surface area (Å²) in [5, 5.41) is 6.56. The van der Waals surface area contributed by atoms with Gasteiger partial charge >= 0.3 is 0 Å². The maximum absolute atomic E-state index is 6.05. The first-order valence-corrected chi connectivity index (χ1v) is 9.19. The fourth-order valence-corrected chi connectivity index (χ4v) is 3.84. The third-order valence-electron chi connectivity index (χ3n) is 4.16. The number of hydrogen-bond donors (Lipinski definition) is 2. The van der Waals surface area contributed by atoms with Crippen molar-refractivity contribution in [2.24, 2.45) is 10.7 Å². The van der Waals surface area contributed by atoms with Crippen LogP contribution in [0.2, 0.25) is 0 Å². The number of anilines is 1. The van der Waals surface area contributed by atoms with Crippen LogP contribution in [0.1, 0.15) is 41.1 Å². The number of fused-ring (bicyclic) bond motifs is 1. The molecule has 0 saturated heterocycles. The summed E-state index contributed by atoms with van der Waals surface area (Å²) in [4.78, 5) is 8.92. The van der Waals surface area contributed by atoms with Crippen LogP contribution >= 0.6 is 11.3 Å². The van der Waals surface area contributed by atoms with Gasteiger partial charge in [0.25, 0.3) is 0 Å². The number of aromatic nitrogens is 1. The molecule has 0 fully saturated rings. The highest BCUT2D eigenvalue weighted by Gasteiger charge is 2.12. The molecule has 0 bridgehead atoms. The Morgan fingerprint density at radius 3 is 3.04 bits per heavy atom. The van der Waals surface area contributed by atoms with Gasteiger partial charge in [0, 0.05) is 29.7 Å². The van der Waals surface area contributed by atoms with E-state index in [9.17, 15) is 0 Å². The molecule has 1 aromatic heterocycles. The SMILES string of the molecule is Cc1csc(CCCN=C(N)Nc2cccc3c2CCCC3)n1. The van der Waals surface area contributed by atoms with E-state index in [-0.39, 0.29) is 0 Å². The van der Waals surface area contributed by atoms with Crippen LogP contribution in [-0.4, -0.2) is 17.5 Å². The monoisotopic (exact) mass is 328 g/mol. The molecule has 4 nitrogen and oxygen atoms in total. The van der Waals surface area contributed by atoms with Crippen molar-refractivity contribution < 1.29 is 0 Å². The van der Waals surface area contributed by atoms with Gasteiger partial charge in [-0.05, 0) is 56.2 Å². The fraction of sp³-hybridized carbons (Fsp3) is 0.444. The molecule has 0 saturated carbocycles. The molecule has 5 heteroatoms. The molecule has 0 aliphatic heterocycles.